The van der Waals surface area contributed by atoms with Gasteiger partial charge in [-0.2, -0.15) is 0 Å². The first-order valence-electron chi connectivity index (χ1n) is 7.09. The summed E-state index contributed by atoms with van der Waals surface area (Å²) in [4.78, 5) is 12.2. The smallest absolute Gasteiger partial charge is 0.227 e. The second-order valence-corrected chi connectivity index (χ2v) is 5.63. The number of nitrogens with one attached hydrogen (secondary N) is 3. The second-order valence-electron chi connectivity index (χ2n) is 5.63. The molecule has 19 heavy (non-hydrogen) atoms. The standard InChI is InChI=1S/C15H21N3O/c1-10-13(9-11-5-3-2-4-6-11)14(19)18-15(16-10)17-12-7-8-12/h2-6,10,12-13,15-17H,7-9H2,1H3,(H,18,19). The van der Waals surface area contributed by atoms with Crippen molar-refractivity contribution in [3.05, 3.63) is 35.9 Å². The zero-order chi connectivity index (χ0) is 13.2. The monoisotopic (exact) mass is 259 g/mol. The molecule has 0 spiro atoms. The van der Waals surface area contributed by atoms with E-state index >= 15 is 0 Å². The lowest BCUT2D eigenvalue weighted by Crippen LogP contribution is -2.66. The Bertz CT molecular complexity index is 444. The van der Waals surface area contributed by atoms with E-state index in [-0.39, 0.29) is 24.2 Å². The average molecular weight is 259 g/mol. The Morgan fingerprint density at radius 3 is 2.63 bits per heavy atom. The fourth-order valence-electron chi connectivity index (χ4n) is 2.61. The Labute approximate surface area is 114 Å². The van der Waals surface area contributed by atoms with Crippen molar-refractivity contribution in [2.24, 2.45) is 5.92 Å². The largest absolute Gasteiger partial charge is 0.328 e. The van der Waals surface area contributed by atoms with Crippen LogP contribution in [0.2, 0.25) is 0 Å². The maximum atomic E-state index is 12.2. The highest BCUT2D eigenvalue weighted by Gasteiger charge is 2.35. The van der Waals surface area contributed by atoms with Crippen LogP contribution in [0.4, 0.5) is 0 Å². The number of amides is 1. The van der Waals surface area contributed by atoms with E-state index < -0.39 is 0 Å². The van der Waals surface area contributed by atoms with Crippen LogP contribution in [0.25, 0.3) is 0 Å². The van der Waals surface area contributed by atoms with E-state index in [9.17, 15) is 4.79 Å². The van der Waals surface area contributed by atoms with E-state index in [1.54, 1.807) is 0 Å². The van der Waals surface area contributed by atoms with Crippen LogP contribution in [0.3, 0.4) is 0 Å². The first kappa shape index (κ1) is 12.6. The molecule has 1 heterocycles. The molecule has 4 heteroatoms. The molecular weight excluding hydrogens is 238 g/mol. The van der Waals surface area contributed by atoms with Gasteiger partial charge in [0.05, 0.1) is 5.92 Å². The van der Waals surface area contributed by atoms with Crippen LogP contribution in [0.15, 0.2) is 30.3 Å². The van der Waals surface area contributed by atoms with Gasteiger partial charge in [0.25, 0.3) is 0 Å². The molecule has 4 nitrogen and oxygen atoms in total. The van der Waals surface area contributed by atoms with Crippen molar-refractivity contribution in [1.82, 2.24) is 16.0 Å². The van der Waals surface area contributed by atoms with Crippen molar-refractivity contribution < 1.29 is 4.79 Å². The predicted octanol–water partition coefficient (Wildman–Crippen LogP) is 0.989. The first-order chi connectivity index (χ1) is 9.22. The summed E-state index contributed by atoms with van der Waals surface area (Å²) in [5.74, 6) is 0.146. The molecule has 2 fully saturated rings. The van der Waals surface area contributed by atoms with Crippen molar-refractivity contribution in [2.45, 2.75) is 44.6 Å². The van der Waals surface area contributed by atoms with Crippen LogP contribution >= 0.6 is 0 Å². The maximum absolute atomic E-state index is 12.2. The van der Waals surface area contributed by atoms with Gasteiger partial charge in [-0.25, -0.2) is 0 Å². The second kappa shape index (κ2) is 5.31. The normalized spacial score (nSPS) is 31.0. The van der Waals surface area contributed by atoms with E-state index in [0.29, 0.717) is 6.04 Å². The lowest BCUT2D eigenvalue weighted by Gasteiger charge is -2.36. The zero-order valence-corrected chi connectivity index (χ0v) is 11.2. The van der Waals surface area contributed by atoms with Crippen LogP contribution < -0.4 is 16.0 Å². The van der Waals surface area contributed by atoms with Gasteiger partial charge in [0, 0.05) is 12.1 Å². The van der Waals surface area contributed by atoms with Crippen LogP contribution in [0.5, 0.6) is 0 Å². The molecule has 0 bridgehead atoms. The predicted molar refractivity (Wildman–Crippen MR) is 74.3 cm³/mol. The van der Waals surface area contributed by atoms with Crippen molar-refractivity contribution in [2.75, 3.05) is 0 Å². The third-order valence-electron chi connectivity index (χ3n) is 3.93. The third-order valence-corrected chi connectivity index (χ3v) is 3.93. The summed E-state index contributed by atoms with van der Waals surface area (Å²) in [7, 11) is 0. The Hall–Kier alpha value is -1.39. The summed E-state index contributed by atoms with van der Waals surface area (Å²) in [6.07, 6.45) is 3.16. The van der Waals surface area contributed by atoms with Gasteiger partial charge < -0.3 is 5.32 Å². The molecule has 3 atom stereocenters. The van der Waals surface area contributed by atoms with Gasteiger partial charge in [0.2, 0.25) is 5.91 Å². The van der Waals surface area contributed by atoms with Gasteiger partial charge in [-0.3, -0.25) is 15.4 Å². The molecule has 0 radical (unpaired) electrons. The quantitative estimate of drug-likeness (QED) is 0.756. The van der Waals surface area contributed by atoms with Crippen molar-refractivity contribution >= 4 is 5.91 Å². The maximum Gasteiger partial charge on any atom is 0.227 e. The van der Waals surface area contributed by atoms with E-state index in [2.05, 4.69) is 35.0 Å². The average Bonchev–Trinajstić information content (AvgIpc) is 3.19. The molecule has 102 valence electrons. The minimum atomic E-state index is -0.0676. The minimum Gasteiger partial charge on any atom is -0.328 e. The molecular formula is C15H21N3O. The summed E-state index contributed by atoms with van der Waals surface area (Å²) >= 11 is 0. The third kappa shape index (κ3) is 3.14. The molecule has 0 aromatic heterocycles. The van der Waals surface area contributed by atoms with Crippen LogP contribution in [-0.4, -0.2) is 24.3 Å². The first-order valence-corrected chi connectivity index (χ1v) is 7.09. The number of rotatable bonds is 4. The SMILES string of the molecule is CC1NC(NC2CC2)NC(=O)C1Cc1ccccc1. The van der Waals surface area contributed by atoms with Crippen molar-refractivity contribution in [1.29, 1.82) is 0 Å². The van der Waals surface area contributed by atoms with E-state index in [4.69, 9.17) is 0 Å². The number of carbonyl (C=O) groups excluding carboxylic acids is 1. The Kier molecular flexibility index (Phi) is 3.53. The zero-order valence-electron chi connectivity index (χ0n) is 11.2. The van der Waals surface area contributed by atoms with E-state index in [0.717, 1.165) is 6.42 Å². The van der Waals surface area contributed by atoms with Gasteiger partial charge in [-0.15, -0.1) is 0 Å². The van der Waals surface area contributed by atoms with Gasteiger partial charge in [0.1, 0.15) is 6.29 Å². The molecule has 1 aromatic carbocycles. The number of hydrogen-bond acceptors (Lipinski definition) is 3. The Morgan fingerprint density at radius 1 is 1.26 bits per heavy atom. The van der Waals surface area contributed by atoms with Crippen molar-refractivity contribution in [3.8, 4) is 0 Å². The van der Waals surface area contributed by atoms with Gasteiger partial charge in [0.15, 0.2) is 0 Å². The molecule has 1 aliphatic heterocycles. The molecule has 1 saturated heterocycles. The minimum absolute atomic E-state index is 0.000321. The van der Waals surface area contributed by atoms with E-state index in [1.807, 2.05) is 18.2 Å². The summed E-state index contributed by atoms with van der Waals surface area (Å²) in [5.41, 5.74) is 1.21. The topological polar surface area (TPSA) is 53.2 Å². The number of benzene rings is 1. The molecule has 1 aromatic rings. The molecule has 1 saturated carbocycles. The molecule has 3 N–H and O–H groups in total. The summed E-state index contributed by atoms with van der Waals surface area (Å²) in [6, 6.07) is 11.0. The molecule has 2 aliphatic rings. The highest BCUT2D eigenvalue weighted by molar-refractivity contribution is 5.80. The molecule has 3 unspecified atom stereocenters. The molecule has 1 amide bonds. The van der Waals surface area contributed by atoms with Gasteiger partial charge in [-0.1, -0.05) is 30.3 Å². The van der Waals surface area contributed by atoms with Gasteiger partial charge in [-0.05, 0) is 31.7 Å². The molecule has 3 rings (SSSR count). The highest BCUT2D eigenvalue weighted by Crippen LogP contribution is 2.21. The fourth-order valence-corrected chi connectivity index (χ4v) is 2.61. The van der Waals surface area contributed by atoms with Crippen molar-refractivity contribution in [3.63, 3.8) is 0 Å². The summed E-state index contributed by atoms with van der Waals surface area (Å²) in [5, 5.41) is 9.87. The number of carbonyl (C=O) groups is 1. The van der Waals surface area contributed by atoms with Crippen LogP contribution in [0.1, 0.15) is 25.3 Å². The van der Waals surface area contributed by atoms with E-state index in [1.165, 1.54) is 18.4 Å². The Morgan fingerprint density at radius 2 is 2.00 bits per heavy atom. The fraction of sp³-hybridized carbons (Fsp3) is 0.533. The van der Waals surface area contributed by atoms with Crippen LogP contribution in [-0.2, 0) is 11.2 Å². The van der Waals surface area contributed by atoms with Crippen LogP contribution in [0, 0.1) is 5.92 Å². The number of hydrogen-bond donors (Lipinski definition) is 3. The summed E-state index contributed by atoms with van der Waals surface area (Å²) < 4.78 is 0. The lowest BCUT2D eigenvalue weighted by molar-refractivity contribution is -0.129. The highest BCUT2D eigenvalue weighted by atomic mass is 16.2. The molecule has 1 aliphatic carbocycles. The lowest BCUT2D eigenvalue weighted by atomic mass is 9.91. The van der Waals surface area contributed by atoms with Gasteiger partial charge >= 0.3 is 0 Å². The summed E-state index contributed by atoms with van der Waals surface area (Å²) in [6.45, 7) is 2.09. The Balaban J connectivity index is 1.61.